The van der Waals surface area contributed by atoms with E-state index in [0.29, 0.717) is 0 Å². The van der Waals surface area contributed by atoms with Crippen LogP contribution in [0.2, 0.25) is 0 Å². The van der Waals surface area contributed by atoms with Crippen molar-refractivity contribution < 1.29 is 13.2 Å². The van der Waals surface area contributed by atoms with Crippen molar-refractivity contribution in [3.8, 4) is 0 Å². The second-order valence-corrected chi connectivity index (χ2v) is 2.41. The monoisotopic (exact) mass is 161 g/mol. The van der Waals surface area contributed by atoms with Crippen LogP contribution in [0.5, 0.6) is 0 Å². The van der Waals surface area contributed by atoms with E-state index in [-0.39, 0.29) is 6.42 Å². The number of hydrogen-bond donors (Lipinski definition) is 0. The van der Waals surface area contributed by atoms with Gasteiger partial charge < -0.3 is 0 Å². The summed E-state index contributed by atoms with van der Waals surface area (Å²) in [5.41, 5.74) is 0. The van der Waals surface area contributed by atoms with E-state index in [2.05, 4.69) is 0 Å². The van der Waals surface area contributed by atoms with Gasteiger partial charge in [-0.15, -0.1) is 0 Å². The van der Waals surface area contributed by atoms with Gasteiger partial charge in [0.05, 0.1) is 0 Å². The zero-order valence-corrected chi connectivity index (χ0v) is 5.86. The Balaban J connectivity index is 2.11. The molecule has 0 aliphatic heterocycles. The van der Waals surface area contributed by atoms with Crippen LogP contribution in [0.1, 0.15) is 12.8 Å². The average molecular weight is 161 g/mol. The quantitative estimate of drug-likeness (QED) is 0.584. The van der Waals surface area contributed by atoms with Crippen molar-refractivity contribution >= 4 is 0 Å². The molecule has 0 aromatic heterocycles. The first kappa shape index (κ1) is 8.88. The van der Waals surface area contributed by atoms with Crippen LogP contribution in [0.3, 0.4) is 0 Å². The Morgan fingerprint density at radius 1 is 1.09 bits per heavy atom. The minimum atomic E-state index is -4.03. The standard InChI is InChI=1S/C8H8F3/c9-8(10,11)6-5-7-3-1-2-4-7/h1-4H,5-6H2. The molecule has 1 fully saturated rings. The lowest BCUT2D eigenvalue weighted by atomic mass is 10.0. The highest BCUT2D eigenvalue weighted by molar-refractivity contribution is 5.34. The molecule has 0 nitrogen and oxygen atoms in total. The van der Waals surface area contributed by atoms with Gasteiger partial charge >= 0.3 is 6.18 Å². The highest BCUT2D eigenvalue weighted by atomic mass is 19.4. The summed E-state index contributed by atoms with van der Waals surface area (Å²) in [5, 5.41) is 0. The van der Waals surface area contributed by atoms with Crippen molar-refractivity contribution in [2.24, 2.45) is 0 Å². The van der Waals surface area contributed by atoms with Gasteiger partial charge in [-0.3, -0.25) is 0 Å². The van der Waals surface area contributed by atoms with E-state index >= 15 is 0 Å². The smallest absolute Gasteiger partial charge is 0.171 e. The van der Waals surface area contributed by atoms with Crippen molar-refractivity contribution in [2.75, 3.05) is 0 Å². The molecule has 1 aliphatic carbocycles. The lowest BCUT2D eigenvalue weighted by molar-refractivity contribution is -0.134. The Morgan fingerprint density at radius 2 is 1.64 bits per heavy atom. The fourth-order valence-corrected chi connectivity index (χ4v) is 0.867. The van der Waals surface area contributed by atoms with Crippen molar-refractivity contribution in [1.82, 2.24) is 0 Å². The van der Waals surface area contributed by atoms with Crippen LogP contribution in [-0.2, 0) is 0 Å². The zero-order valence-electron chi connectivity index (χ0n) is 5.86. The fraction of sp³-hybridized carbons (Fsp3) is 0.375. The Morgan fingerprint density at radius 3 is 2.09 bits per heavy atom. The maximum absolute atomic E-state index is 11.6. The van der Waals surface area contributed by atoms with Gasteiger partial charge in [-0.25, -0.2) is 0 Å². The summed E-state index contributed by atoms with van der Waals surface area (Å²) in [4.78, 5) is 0. The predicted octanol–water partition coefficient (Wildman–Crippen LogP) is 2.73. The molecule has 5 radical (unpaired) electrons. The van der Waals surface area contributed by atoms with Crippen molar-refractivity contribution in [1.29, 1.82) is 0 Å². The first-order chi connectivity index (χ1) is 5.08. The van der Waals surface area contributed by atoms with Crippen LogP contribution in [0.4, 0.5) is 13.2 Å². The van der Waals surface area contributed by atoms with E-state index in [1.807, 2.05) is 0 Å². The van der Waals surface area contributed by atoms with E-state index < -0.39 is 12.6 Å². The number of halogens is 3. The van der Waals surface area contributed by atoms with E-state index in [1.165, 1.54) is 0 Å². The molecular formula is C8H8F3. The molecule has 0 aromatic rings. The SMILES string of the molecule is FC(F)(F)CC[C]1[CH][CH][CH][CH]1. The third kappa shape index (κ3) is 3.63. The molecule has 61 valence electrons. The molecule has 1 saturated carbocycles. The Kier molecular flexibility index (Phi) is 2.79. The normalized spacial score (nSPS) is 21.0. The van der Waals surface area contributed by atoms with Gasteiger partial charge in [-0.05, 0) is 38.0 Å². The Labute approximate surface area is 64.8 Å². The molecule has 11 heavy (non-hydrogen) atoms. The van der Waals surface area contributed by atoms with Crippen LogP contribution >= 0.6 is 0 Å². The van der Waals surface area contributed by atoms with E-state index in [4.69, 9.17) is 0 Å². The molecule has 0 unspecified atom stereocenters. The van der Waals surface area contributed by atoms with Gasteiger partial charge in [0, 0.05) is 6.42 Å². The number of rotatable bonds is 2. The molecule has 0 heterocycles. The molecule has 0 saturated heterocycles. The zero-order chi connectivity index (χ0) is 8.32. The second kappa shape index (κ2) is 3.46. The fourth-order valence-electron chi connectivity index (χ4n) is 0.867. The summed E-state index contributed by atoms with van der Waals surface area (Å²) in [6, 6.07) is 0. The third-order valence-electron chi connectivity index (χ3n) is 1.43. The minimum absolute atomic E-state index is 0.0937. The lowest BCUT2D eigenvalue weighted by Crippen LogP contribution is -2.08. The molecule has 1 rings (SSSR count). The summed E-state index contributed by atoms with van der Waals surface area (Å²) in [5.74, 6) is 0.752. The molecular weight excluding hydrogens is 153 g/mol. The van der Waals surface area contributed by atoms with Crippen molar-refractivity contribution in [3.05, 3.63) is 31.6 Å². The highest BCUT2D eigenvalue weighted by Gasteiger charge is 2.29. The topological polar surface area (TPSA) is 0 Å². The van der Waals surface area contributed by atoms with Crippen LogP contribution in [0.15, 0.2) is 0 Å². The number of alkyl halides is 3. The second-order valence-electron chi connectivity index (χ2n) is 2.41. The van der Waals surface area contributed by atoms with Gasteiger partial charge in [0.1, 0.15) is 0 Å². The first-order valence-corrected chi connectivity index (χ1v) is 3.35. The maximum Gasteiger partial charge on any atom is 0.389 e. The van der Waals surface area contributed by atoms with Gasteiger partial charge in [0.2, 0.25) is 0 Å². The van der Waals surface area contributed by atoms with Crippen molar-refractivity contribution in [2.45, 2.75) is 19.0 Å². The van der Waals surface area contributed by atoms with E-state index in [1.54, 1.807) is 25.7 Å². The molecule has 0 aromatic carbocycles. The van der Waals surface area contributed by atoms with Gasteiger partial charge in [-0.2, -0.15) is 13.2 Å². The molecule has 0 atom stereocenters. The summed E-state index contributed by atoms with van der Waals surface area (Å²) in [6.45, 7) is 0. The molecule has 3 heteroatoms. The highest BCUT2D eigenvalue weighted by Crippen LogP contribution is 2.31. The molecule has 0 spiro atoms. The molecule has 0 amide bonds. The third-order valence-corrected chi connectivity index (χ3v) is 1.43. The number of hydrogen-bond acceptors (Lipinski definition) is 0. The predicted molar refractivity (Wildman–Crippen MR) is 35.7 cm³/mol. The van der Waals surface area contributed by atoms with Crippen LogP contribution < -0.4 is 0 Å². The average Bonchev–Trinajstić information content (AvgIpc) is 2.32. The maximum atomic E-state index is 11.6. The van der Waals surface area contributed by atoms with Crippen LogP contribution in [0, 0.1) is 31.6 Å². The Hall–Kier alpha value is -0.210. The van der Waals surface area contributed by atoms with Gasteiger partial charge in [0.15, 0.2) is 0 Å². The first-order valence-electron chi connectivity index (χ1n) is 3.35. The van der Waals surface area contributed by atoms with E-state index in [0.717, 1.165) is 5.92 Å². The summed E-state index contributed by atoms with van der Waals surface area (Å²) in [7, 11) is 0. The molecule has 0 bridgehead atoms. The summed E-state index contributed by atoms with van der Waals surface area (Å²) in [6.07, 6.45) is 2.22. The lowest BCUT2D eigenvalue weighted by Gasteiger charge is -2.09. The summed E-state index contributed by atoms with van der Waals surface area (Å²) < 4.78 is 34.9. The van der Waals surface area contributed by atoms with Crippen molar-refractivity contribution in [3.63, 3.8) is 0 Å². The molecule has 0 N–H and O–H groups in total. The largest absolute Gasteiger partial charge is 0.389 e. The van der Waals surface area contributed by atoms with Gasteiger partial charge in [0.25, 0.3) is 0 Å². The van der Waals surface area contributed by atoms with Crippen LogP contribution in [-0.4, -0.2) is 6.18 Å². The minimum Gasteiger partial charge on any atom is -0.171 e. The Bertz CT molecular complexity index is 111. The van der Waals surface area contributed by atoms with Crippen LogP contribution in [0.25, 0.3) is 0 Å². The summed E-state index contributed by atoms with van der Waals surface area (Å²) >= 11 is 0. The molecule has 1 aliphatic rings. The van der Waals surface area contributed by atoms with Gasteiger partial charge in [-0.1, -0.05) is 0 Å². The van der Waals surface area contributed by atoms with E-state index in [9.17, 15) is 13.2 Å².